The Balaban J connectivity index is 2.10. The van der Waals surface area contributed by atoms with Crippen molar-refractivity contribution in [3.05, 3.63) is 65.4 Å². The van der Waals surface area contributed by atoms with Crippen LogP contribution in [0.15, 0.2) is 59.6 Å². The highest BCUT2D eigenvalue weighted by Crippen LogP contribution is 2.32. The number of nitrogens with zero attached hydrogens (tertiary/aromatic N) is 3. The summed E-state index contributed by atoms with van der Waals surface area (Å²) in [5, 5.41) is 0.144. The fourth-order valence-electron chi connectivity index (χ4n) is 2.56. The van der Waals surface area contributed by atoms with E-state index in [0.717, 1.165) is 0 Å². The molecule has 0 saturated carbocycles. The van der Waals surface area contributed by atoms with Gasteiger partial charge in [-0.2, -0.15) is 0 Å². The van der Waals surface area contributed by atoms with E-state index in [2.05, 4.69) is 9.97 Å². The number of halogens is 1. The summed E-state index contributed by atoms with van der Waals surface area (Å²) in [5.41, 5.74) is 8.12. The zero-order valence-electron chi connectivity index (χ0n) is 14.2. The van der Waals surface area contributed by atoms with Gasteiger partial charge in [-0.05, 0) is 36.8 Å². The van der Waals surface area contributed by atoms with Crippen LogP contribution in [0.2, 0.25) is 5.02 Å². The molecule has 0 spiro atoms. The van der Waals surface area contributed by atoms with Gasteiger partial charge in [-0.25, -0.2) is 18.4 Å². The Morgan fingerprint density at radius 2 is 1.81 bits per heavy atom. The largest absolute Gasteiger partial charge is 0.368 e. The second-order valence-corrected chi connectivity index (χ2v) is 8.03. The van der Waals surface area contributed by atoms with Crippen molar-refractivity contribution in [2.75, 3.05) is 17.1 Å². The van der Waals surface area contributed by atoms with E-state index < -0.39 is 10.0 Å². The lowest BCUT2D eigenvalue weighted by Crippen LogP contribution is -2.26. The number of hydrogen-bond donors (Lipinski definition) is 1. The highest BCUT2D eigenvalue weighted by atomic mass is 35.5. The van der Waals surface area contributed by atoms with E-state index in [1.165, 1.54) is 17.4 Å². The van der Waals surface area contributed by atoms with Crippen molar-refractivity contribution in [1.29, 1.82) is 0 Å². The lowest BCUT2D eigenvalue weighted by atomic mass is 10.1. The number of aromatic nitrogens is 2. The minimum atomic E-state index is -3.84. The maximum absolute atomic E-state index is 13.1. The average molecular weight is 389 g/mol. The predicted octanol–water partition coefficient (Wildman–Crippen LogP) is 3.51. The molecule has 0 amide bonds. The lowest BCUT2D eigenvalue weighted by Gasteiger charge is -2.20. The normalized spacial score (nSPS) is 11.3. The average Bonchev–Trinajstić information content (AvgIpc) is 2.62. The molecular formula is C18H17ClN4O2S. The van der Waals surface area contributed by atoms with Gasteiger partial charge in [0.05, 0.1) is 16.4 Å². The van der Waals surface area contributed by atoms with Gasteiger partial charge < -0.3 is 5.73 Å². The third-order valence-corrected chi connectivity index (χ3v) is 6.27. The van der Waals surface area contributed by atoms with E-state index in [4.69, 9.17) is 17.3 Å². The minimum Gasteiger partial charge on any atom is -0.368 e. The van der Waals surface area contributed by atoms with E-state index in [0.29, 0.717) is 22.5 Å². The predicted molar refractivity (Wildman–Crippen MR) is 104 cm³/mol. The quantitative estimate of drug-likeness (QED) is 0.738. The van der Waals surface area contributed by atoms with Gasteiger partial charge in [0.1, 0.15) is 4.90 Å². The zero-order valence-corrected chi connectivity index (χ0v) is 15.8. The van der Waals surface area contributed by atoms with Gasteiger partial charge >= 0.3 is 0 Å². The topological polar surface area (TPSA) is 89.2 Å². The molecule has 8 heteroatoms. The van der Waals surface area contributed by atoms with Gasteiger partial charge in [-0.1, -0.05) is 35.9 Å². The summed E-state index contributed by atoms with van der Waals surface area (Å²) in [5.74, 6) is 0.164. The molecule has 0 radical (unpaired) electrons. The van der Waals surface area contributed by atoms with E-state index >= 15 is 0 Å². The van der Waals surface area contributed by atoms with Gasteiger partial charge in [0, 0.05) is 18.8 Å². The van der Waals surface area contributed by atoms with Gasteiger partial charge in [0.2, 0.25) is 5.95 Å². The number of para-hydroxylation sites is 1. The molecule has 1 heterocycles. The van der Waals surface area contributed by atoms with Crippen LogP contribution in [0.1, 0.15) is 5.69 Å². The van der Waals surface area contributed by atoms with E-state index in [9.17, 15) is 8.42 Å². The first-order chi connectivity index (χ1) is 12.3. The Labute approximate surface area is 157 Å². The summed E-state index contributed by atoms with van der Waals surface area (Å²) in [4.78, 5) is 8.12. The summed E-state index contributed by atoms with van der Waals surface area (Å²) >= 11 is 6.21. The Kier molecular flexibility index (Phi) is 4.84. The van der Waals surface area contributed by atoms with Crippen LogP contribution in [0.25, 0.3) is 11.1 Å². The Bertz CT molecular complexity index is 1060. The molecule has 6 nitrogen and oxygen atoms in total. The Morgan fingerprint density at radius 3 is 2.46 bits per heavy atom. The standard InChI is InChI=1S/C18H17ClN4O2S/c1-12-15(11-21-18(20)22-12)13-8-9-16(19)17(10-13)26(24,25)23(2)14-6-4-3-5-7-14/h3-11H,1-2H3,(H2,20,21,22). The molecule has 0 bridgehead atoms. The van der Waals surface area contributed by atoms with Crippen LogP contribution in [-0.4, -0.2) is 25.4 Å². The van der Waals surface area contributed by atoms with Crippen molar-refractivity contribution >= 4 is 33.3 Å². The Morgan fingerprint density at radius 1 is 1.12 bits per heavy atom. The number of anilines is 2. The minimum absolute atomic E-state index is 0.0132. The maximum Gasteiger partial charge on any atom is 0.265 e. The molecule has 1 aromatic heterocycles. The SMILES string of the molecule is Cc1nc(N)ncc1-c1ccc(Cl)c(S(=O)(=O)N(C)c2ccccc2)c1. The first-order valence-corrected chi connectivity index (χ1v) is 9.55. The molecule has 0 saturated heterocycles. The molecule has 0 fully saturated rings. The van der Waals surface area contributed by atoms with Crippen LogP contribution in [0.4, 0.5) is 11.6 Å². The van der Waals surface area contributed by atoms with Gasteiger partial charge in [-0.3, -0.25) is 4.31 Å². The van der Waals surface area contributed by atoms with Crippen LogP contribution in [0, 0.1) is 6.92 Å². The number of sulfonamides is 1. The number of hydrogen-bond acceptors (Lipinski definition) is 5. The molecule has 0 unspecified atom stereocenters. The number of benzene rings is 2. The fourth-order valence-corrected chi connectivity index (χ4v) is 4.26. The van der Waals surface area contributed by atoms with Crippen LogP contribution in [-0.2, 0) is 10.0 Å². The van der Waals surface area contributed by atoms with Crippen molar-refractivity contribution < 1.29 is 8.42 Å². The van der Waals surface area contributed by atoms with Crippen molar-refractivity contribution in [2.24, 2.45) is 0 Å². The second-order valence-electron chi connectivity index (χ2n) is 5.68. The summed E-state index contributed by atoms with van der Waals surface area (Å²) < 4.78 is 27.3. The van der Waals surface area contributed by atoms with E-state index in [1.807, 2.05) is 6.07 Å². The summed E-state index contributed by atoms with van der Waals surface area (Å²) in [6.45, 7) is 1.78. The van der Waals surface area contributed by atoms with Gasteiger partial charge in [0.15, 0.2) is 0 Å². The summed E-state index contributed by atoms with van der Waals surface area (Å²) in [6.07, 6.45) is 1.57. The van der Waals surface area contributed by atoms with Crippen LogP contribution >= 0.6 is 11.6 Å². The first kappa shape index (κ1) is 18.2. The third kappa shape index (κ3) is 3.36. The van der Waals surface area contributed by atoms with Gasteiger partial charge in [0.25, 0.3) is 10.0 Å². The van der Waals surface area contributed by atoms with Crippen molar-refractivity contribution in [3.8, 4) is 11.1 Å². The molecule has 134 valence electrons. The molecule has 2 N–H and O–H groups in total. The highest BCUT2D eigenvalue weighted by molar-refractivity contribution is 7.93. The molecule has 2 aromatic carbocycles. The molecule has 0 aliphatic carbocycles. The maximum atomic E-state index is 13.1. The number of nitrogen functional groups attached to an aromatic ring is 1. The first-order valence-electron chi connectivity index (χ1n) is 7.73. The molecule has 3 rings (SSSR count). The molecule has 3 aromatic rings. The number of aryl methyl sites for hydroxylation is 1. The van der Waals surface area contributed by atoms with Crippen LogP contribution < -0.4 is 10.0 Å². The van der Waals surface area contributed by atoms with E-state index in [1.54, 1.807) is 49.5 Å². The molecule has 0 aliphatic rings. The summed E-state index contributed by atoms with van der Waals surface area (Å²) in [7, 11) is -2.35. The number of rotatable bonds is 4. The van der Waals surface area contributed by atoms with Crippen molar-refractivity contribution in [3.63, 3.8) is 0 Å². The Hall–Kier alpha value is -2.64. The molecule has 26 heavy (non-hydrogen) atoms. The van der Waals surface area contributed by atoms with E-state index in [-0.39, 0.29) is 15.9 Å². The smallest absolute Gasteiger partial charge is 0.265 e. The monoisotopic (exact) mass is 388 g/mol. The highest BCUT2D eigenvalue weighted by Gasteiger charge is 2.25. The zero-order chi connectivity index (χ0) is 18.9. The second kappa shape index (κ2) is 6.93. The molecule has 0 atom stereocenters. The third-order valence-electron chi connectivity index (χ3n) is 4.00. The van der Waals surface area contributed by atoms with Crippen molar-refractivity contribution in [2.45, 2.75) is 11.8 Å². The van der Waals surface area contributed by atoms with Crippen LogP contribution in [0.3, 0.4) is 0 Å². The molecule has 0 aliphatic heterocycles. The molecular weight excluding hydrogens is 372 g/mol. The van der Waals surface area contributed by atoms with Gasteiger partial charge in [-0.15, -0.1) is 0 Å². The van der Waals surface area contributed by atoms with Crippen molar-refractivity contribution in [1.82, 2.24) is 9.97 Å². The number of nitrogens with two attached hydrogens (primary N) is 1. The fraction of sp³-hybridized carbons (Fsp3) is 0.111. The summed E-state index contributed by atoms with van der Waals surface area (Å²) in [6, 6.07) is 13.6. The lowest BCUT2D eigenvalue weighted by molar-refractivity contribution is 0.594. The van der Waals surface area contributed by atoms with Crippen LogP contribution in [0.5, 0.6) is 0 Å².